The lowest BCUT2D eigenvalue weighted by Crippen LogP contribution is -2.52. The summed E-state index contributed by atoms with van der Waals surface area (Å²) < 4.78 is 43.3. The molecule has 1 atom stereocenters. The lowest BCUT2D eigenvalue weighted by atomic mass is 9.88. The molecule has 2 saturated heterocycles. The van der Waals surface area contributed by atoms with Crippen LogP contribution in [0.15, 0.2) is 35.2 Å². The molecule has 2 aromatic rings. The number of amides is 4. The van der Waals surface area contributed by atoms with Crippen molar-refractivity contribution >= 4 is 39.3 Å². The molecule has 2 aromatic carbocycles. The number of nitrogens with zero attached hydrogens (tertiary/aromatic N) is 2. The summed E-state index contributed by atoms with van der Waals surface area (Å²) >= 11 is 0. The van der Waals surface area contributed by atoms with Crippen LogP contribution in [0.3, 0.4) is 0 Å². The first-order valence-corrected chi connectivity index (χ1v) is 14.5. The van der Waals surface area contributed by atoms with E-state index in [0.717, 1.165) is 5.56 Å². The van der Waals surface area contributed by atoms with Gasteiger partial charge in [-0.25, -0.2) is 12.8 Å². The van der Waals surface area contributed by atoms with Crippen LogP contribution in [0.5, 0.6) is 0 Å². The van der Waals surface area contributed by atoms with Gasteiger partial charge >= 0.3 is 0 Å². The van der Waals surface area contributed by atoms with Crippen molar-refractivity contribution in [1.29, 1.82) is 0 Å². The van der Waals surface area contributed by atoms with E-state index in [1.54, 1.807) is 18.2 Å². The van der Waals surface area contributed by atoms with Crippen LogP contribution >= 0.6 is 0 Å². The van der Waals surface area contributed by atoms with E-state index in [1.165, 1.54) is 21.3 Å². The van der Waals surface area contributed by atoms with Gasteiger partial charge in [-0.1, -0.05) is 6.07 Å². The molecule has 0 radical (unpaired) electrons. The van der Waals surface area contributed by atoms with Gasteiger partial charge in [0.05, 0.1) is 4.90 Å². The van der Waals surface area contributed by atoms with E-state index in [-0.39, 0.29) is 60.7 Å². The molecule has 6 rings (SSSR count). The zero-order chi connectivity index (χ0) is 27.5. The highest BCUT2D eigenvalue weighted by Crippen LogP contribution is 2.37. The normalized spacial score (nSPS) is 22.4. The van der Waals surface area contributed by atoms with Gasteiger partial charge in [0.2, 0.25) is 27.7 Å². The zero-order valence-electron chi connectivity index (χ0n) is 21.0. The summed E-state index contributed by atoms with van der Waals surface area (Å²) in [5, 5.41) is 5.01. The number of anilines is 1. The Bertz CT molecular complexity index is 1530. The van der Waals surface area contributed by atoms with Gasteiger partial charge in [0.1, 0.15) is 11.9 Å². The standard InChI is InChI=1S/C27H27FN4O6S/c28-21-13-20-17(14-32(27(20)36)23-4-6-25(34)30-26(23)35)12-19(21)15-7-9-31(10-8-15)39(37,38)18-2-3-22-16(11-18)1-5-24(33)29-22/h2-3,11-13,15,23H,1,4-10,14H2,(H,29,33)(H,30,34,35). The zero-order valence-corrected chi connectivity index (χ0v) is 21.9. The van der Waals surface area contributed by atoms with Gasteiger partial charge in [-0.05, 0) is 72.6 Å². The van der Waals surface area contributed by atoms with Crippen molar-refractivity contribution in [3.05, 3.63) is 58.4 Å². The number of benzene rings is 2. The molecule has 39 heavy (non-hydrogen) atoms. The summed E-state index contributed by atoms with van der Waals surface area (Å²) in [7, 11) is -3.76. The molecule has 2 N–H and O–H groups in total. The highest BCUT2D eigenvalue weighted by atomic mass is 32.2. The number of aryl methyl sites for hydroxylation is 1. The number of carbonyl (C=O) groups excluding carboxylic acids is 4. The second-order valence-corrected chi connectivity index (χ2v) is 12.4. The van der Waals surface area contributed by atoms with Crippen molar-refractivity contribution in [1.82, 2.24) is 14.5 Å². The Morgan fingerprint density at radius 1 is 0.846 bits per heavy atom. The fourth-order valence-corrected chi connectivity index (χ4v) is 7.52. The highest BCUT2D eigenvalue weighted by molar-refractivity contribution is 7.89. The molecule has 0 saturated carbocycles. The predicted octanol–water partition coefficient (Wildman–Crippen LogP) is 2.04. The molecule has 2 fully saturated rings. The summed E-state index contributed by atoms with van der Waals surface area (Å²) in [6, 6.07) is 6.83. The van der Waals surface area contributed by atoms with Gasteiger partial charge in [-0.3, -0.25) is 24.5 Å². The number of nitrogens with one attached hydrogen (secondary N) is 2. The lowest BCUT2D eigenvalue weighted by Gasteiger charge is -2.32. The molecule has 4 amide bonds. The van der Waals surface area contributed by atoms with Gasteiger partial charge in [0.25, 0.3) is 5.91 Å². The fourth-order valence-electron chi connectivity index (χ4n) is 6.00. The van der Waals surface area contributed by atoms with Crippen LogP contribution in [-0.4, -0.2) is 60.4 Å². The highest BCUT2D eigenvalue weighted by Gasteiger charge is 2.40. The first-order chi connectivity index (χ1) is 18.6. The third kappa shape index (κ3) is 4.51. The Morgan fingerprint density at radius 2 is 1.59 bits per heavy atom. The molecular formula is C27H27FN4O6S. The molecule has 10 nitrogen and oxygen atoms in total. The van der Waals surface area contributed by atoms with Crippen LogP contribution in [0.1, 0.15) is 65.1 Å². The van der Waals surface area contributed by atoms with E-state index in [2.05, 4.69) is 10.6 Å². The minimum atomic E-state index is -3.76. The van der Waals surface area contributed by atoms with E-state index in [9.17, 15) is 27.6 Å². The molecule has 0 aliphatic carbocycles. The van der Waals surface area contributed by atoms with Gasteiger partial charge in [-0.2, -0.15) is 4.31 Å². The first kappa shape index (κ1) is 25.6. The van der Waals surface area contributed by atoms with Gasteiger partial charge in [0.15, 0.2) is 0 Å². The van der Waals surface area contributed by atoms with Crippen LogP contribution in [0.25, 0.3) is 0 Å². The molecule has 1 unspecified atom stereocenters. The maximum atomic E-state index is 15.2. The van der Waals surface area contributed by atoms with Crippen LogP contribution in [0, 0.1) is 5.82 Å². The number of hydrogen-bond donors (Lipinski definition) is 2. The first-order valence-electron chi connectivity index (χ1n) is 13.0. The van der Waals surface area contributed by atoms with Gasteiger partial charge in [-0.15, -0.1) is 0 Å². The number of piperidine rings is 2. The van der Waals surface area contributed by atoms with Crippen LogP contribution in [0.4, 0.5) is 10.1 Å². The monoisotopic (exact) mass is 554 g/mol. The second-order valence-electron chi connectivity index (χ2n) is 10.5. The van der Waals surface area contributed by atoms with Crippen LogP contribution < -0.4 is 10.6 Å². The van der Waals surface area contributed by atoms with Crippen molar-refractivity contribution < 1.29 is 32.0 Å². The van der Waals surface area contributed by atoms with E-state index in [1.807, 2.05) is 0 Å². The van der Waals surface area contributed by atoms with Crippen LogP contribution in [0.2, 0.25) is 0 Å². The molecule has 4 aliphatic heterocycles. The van der Waals surface area contributed by atoms with Gasteiger partial charge in [0, 0.05) is 43.7 Å². The minimum Gasteiger partial charge on any atom is -0.326 e. The quantitative estimate of drug-likeness (QED) is 0.556. The average molecular weight is 555 g/mol. The third-order valence-electron chi connectivity index (χ3n) is 8.14. The van der Waals surface area contributed by atoms with E-state index in [4.69, 9.17) is 0 Å². The van der Waals surface area contributed by atoms with Crippen molar-refractivity contribution in [2.45, 2.75) is 61.9 Å². The second kappa shape index (κ2) is 9.53. The Balaban J connectivity index is 1.16. The van der Waals surface area contributed by atoms with Crippen molar-refractivity contribution in [3.63, 3.8) is 0 Å². The summed E-state index contributed by atoms with van der Waals surface area (Å²) in [4.78, 5) is 49.9. The molecule has 12 heteroatoms. The predicted molar refractivity (Wildman–Crippen MR) is 137 cm³/mol. The number of halogens is 1. The Hall–Kier alpha value is -3.64. The van der Waals surface area contributed by atoms with E-state index in [0.29, 0.717) is 42.5 Å². The van der Waals surface area contributed by atoms with E-state index < -0.39 is 33.7 Å². The number of sulfonamides is 1. The van der Waals surface area contributed by atoms with Crippen LogP contribution in [-0.2, 0) is 37.4 Å². The van der Waals surface area contributed by atoms with Gasteiger partial charge < -0.3 is 10.2 Å². The topological polar surface area (TPSA) is 133 Å². The minimum absolute atomic E-state index is 0.0907. The maximum Gasteiger partial charge on any atom is 0.255 e. The average Bonchev–Trinajstić information content (AvgIpc) is 3.22. The number of carbonyl (C=O) groups is 4. The fraction of sp³-hybridized carbons (Fsp3) is 0.407. The summed E-state index contributed by atoms with van der Waals surface area (Å²) in [5.41, 5.74) is 2.69. The summed E-state index contributed by atoms with van der Waals surface area (Å²) in [6.07, 6.45) is 1.99. The van der Waals surface area contributed by atoms with Crippen molar-refractivity contribution in [2.24, 2.45) is 0 Å². The molecule has 0 spiro atoms. The molecular weight excluding hydrogens is 527 g/mol. The molecule has 204 valence electrons. The Labute approximate surface area is 224 Å². The smallest absolute Gasteiger partial charge is 0.255 e. The summed E-state index contributed by atoms with van der Waals surface area (Å²) in [5.74, 6) is -2.17. The molecule has 0 aromatic heterocycles. The third-order valence-corrected chi connectivity index (χ3v) is 10.0. The lowest BCUT2D eigenvalue weighted by molar-refractivity contribution is -0.137. The largest absolute Gasteiger partial charge is 0.326 e. The number of fused-ring (bicyclic) bond motifs is 2. The van der Waals surface area contributed by atoms with Crippen molar-refractivity contribution in [3.8, 4) is 0 Å². The number of rotatable bonds is 4. The molecule has 4 heterocycles. The van der Waals surface area contributed by atoms with E-state index >= 15 is 4.39 Å². The van der Waals surface area contributed by atoms with Crippen molar-refractivity contribution in [2.75, 3.05) is 18.4 Å². The Morgan fingerprint density at radius 3 is 2.33 bits per heavy atom. The number of imide groups is 1. The molecule has 4 aliphatic rings. The number of hydrogen-bond acceptors (Lipinski definition) is 6. The maximum absolute atomic E-state index is 15.2. The Kier molecular flexibility index (Phi) is 6.26. The summed E-state index contributed by atoms with van der Waals surface area (Å²) in [6.45, 7) is 0.594. The SMILES string of the molecule is O=C1CCC(N2Cc3cc(C4CCN(S(=O)(=O)c5ccc6c(c5)CCC(=O)N6)CC4)c(F)cc3C2=O)C(=O)N1. The molecule has 0 bridgehead atoms.